The second-order valence-corrected chi connectivity index (χ2v) is 11.1. The zero-order valence-electron chi connectivity index (χ0n) is 20.1. The summed E-state index contributed by atoms with van der Waals surface area (Å²) in [5.41, 5.74) is -0.696. The third kappa shape index (κ3) is 7.21. The maximum Gasteiger partial charge on any atom is 0.416 e. The van der Waals surface area contributed by atoms with Crippen LogP contribution in [0.3, 0.4) is 0 Å². The summed E-state index contributed by atoms with van der Waals surface area (Å²) in [6.45, 7) is 9.86. The number of carbonyl (C=O) groups is 2. The van der Waals surface area contributed by atoms with E-state index in [4.69, 9.17) is 11.6 Å². The summed E-state index contributed by atoms with van der Waals surface area (Å²) in [7, 11) is 0. The number of hydrogen-bond acceptors (Lipinski definition) is 4. The van der Waals surface area contributed by atoms with Gasteiger partial charge in [0.05, 0.1) is 5.56 Å². The number of amides is 2. The molecular weight excluding hydrogens is 499 g/mol. The Kier molecular flexibility index (Phi) is 8.88. The Morgan fingerprint density at radius 3 is 2.31 bits per heavy atom. The molecule has 1 saturated heterocycles. The highest BCUT2D eigenvalue weighted by atomic mass is 35.5. The van der Waals surface area contributed by atoms with Crippen molar-refractivity contribution in [2.75, 3.05) is 43.5 Å². The molecule has 1 aliphatic heterocycles. The smallest absolute Gasteiger partial charge is 0.338 e. The summed E-state index contributed by atoms with van der Waals surface area (Å²) in [4.78, 5) is 32.4. The van der Waals surface area contributed by atoms with E-state index in [1.54, 1.807) is 22.4 Å². The van der Waals surface area contributed by atoms with Crippen molar-refractivity contribution in [2.24, 2.45) is 5.41 Å². The molecule has 2 heterocycles. The van der Waals surface area contributed by atoms with Gasteiger partial charge in [-0.1, -0.05) is 32.9 Å². The minimum absolute atomic E-state index is 0.0129. The standard InChI is InChI=1S/C25H31ClF3N3O2S/c1-24(2,3)9-10-30-11-13-31(14-12-30)23(34)22(20-8-5-15-35-20)32(21(33)17-26)19-7-4-6-18(16-19)25(27,28)29/h4-8,15-16,22H,9-14,17H2,1-3H3. The van der Waals surface area contributed by atoms with Gasteiger partial charge in [-0.2, -0.15) is 13.2 Å². The van der Waals surface area contributed by atoms with Gasteiger partial charge in [-0.3, -0.25) is 19.4 Å². The van der Waals surface area contributed by atoms with Gasteiger partial charge < -0.3 is 4.90 Å². The number of halogens is 4. The Hall–Kier alpha value is -2.10. The molecule has 0 radical (unpaired) electrons. The summed E-state index contributed by atoms with van der Waals surface area (Å²) >= 11 is 7.15. The summed E-state index contributed by atoms with van der Waals surface area (Å²) in [5, 5.41) is 1.77. The lowest BCUT2D eigenvalue weighted by Gasteiger charge is -2.39. The fourth-order valence-electron chi connectivity index (χ4n) is 4.00. The minimum Gasteiger partial charge on any atom is -0.338 e. The predicted octanol–water partition coefficient (Wildman–Crippen LogP) is 5.66. The number of nitrogens with zero attached hydrogens (tertiary/aromatic N) is 3. The maximum absolute atomic E-state index is 13.8. The molecule has 10 heteroatoms. The minimum atomic E-state index is -4.59. The Balaban J connectivity index is 1.89. The van der Waals surface area contributed by atoms with Crippen molar-refractivity contribution in [3.05, 3.63) is 52.2 Å². The number of alkyl halides is 4. The van der Waals surface area contributed by atoms with Crippen molar-refractivity contribution in [3.8, 4) is 0 Å². The van der Waals surface area contributed by atoms with Crippen LogP contribution < -0.4 is 4.90 Å². The molecule has 0 saturated carbocycles. The second kappa shape index (κ2) is 11.3. The zero-order chi connectivity index (χ0) is 25.8. The van der Waals surface area contributed by atoms with Crippen LogP contribution in [0.15, 0.2) is 41.8 Å². The van der Waals surface area contributed by atoms with Crippen LogP contribution in [0, 0.1) is 5.41 Å². The van der Waals surface area contributed by atoms with E-state index in [0.29, 0.717) is 31.1 Å². The van der Waals surface area contributed by atoms with Crippen molar-refractivity contribution >= 4 is 40.4 Å². The van der Waals surface area contributed by atoms with E-state index in [1.165, 1.54) is 23.5 Å². The van der Waals surface area contributed by atoms with Gasteiger partial charge in [0.1, 0.15) is 11.9 Å². The van der Waals surface area contributed by atoms with E-state index >= 15 is 0 Å². The Bertz CT molecular complexity index is 1000. The lowest BCUT2D eigenvalue weighted by Crippen LogP contribution is -2.53. The molecule has 2 aromatic rings. The highest BCUT2D eigenvalue weighted by molar-refractivity contribution is 7.10. The van der Waals surface area contributed by atoms with E-state index in [2.05, 4.69) is 25.7 Å². The van der Waals surface area contributed by atoms with E-state index in [0.717, 1.165) is 30.0 Å². The summed E-state index contributed by atoms with van der Waals surface area (Å²) < 4.78 is 40.2. The average molecular weight is 530 g/mol. The fourth-order valence-corrected chi connectivity index (χ4v) is 4.93. The molecule has 5 nitrogen and oxygen atoms in total. The first-order valence-corrected chi connectivity index (χ1v) is 12.9. The number of benzene rings is 1. The number of piperazine rings is 1. The average Bonchev–Trinajstić information content (AvgIpc) is 3.34. The molecule has 1 fully saturated rings. The molecule has 0 aliphatic carbocycles. The summed E-state index contributed by atoms with van der Waals surface area (Å²) in [6, 6.07) is 6.84. The summed E-state index contributed by atoms with van der Waals surface area (Å²) in [5.74, 6) is -1.42. The Morgan fingerprint density at radius 1 is 1.09 bits per heavy atom. The fraction of sp³-hybridized carbons (Fsp3) is 0.520. The third-order valence-corrected chi connectivity index (χ3v) is 7.15. The molecule has 3 rings (SSSR count). The predicted molar refractivity (Wildman–Crippen MR) is 134 cm³/mol. The lowest BCUT2D eigenvalue weighted by atomic mass is 9.92. The first-order chi connectivity index (χ1) is 16.4. The number of hydrogen-bond donors (Lipinski definition) is 0. The van der Waals surface area contributed by atoms with Crippen LogP contribution in [-0.4, -0.2) is 60.2 Å². The van der Waals surface area contributed by atoms with Gasteiger partial charge in [-0.15, -0.1) is 22.9 Å². The van der Waals surface area contributed by atoms with Crippen LogP contribution in [0.5, 0.6) is 0 Å². The first-order valence-electron chi connectivity index (χ1n) is 11.5. The topological polar surface area (TPSA) is 43.9 Å². The van der Waals surface area contributed by atoms with Gasteiger partial charge in [0.15, 0.2) is 0 Å². The largest absolute Gasteiger partial charge is 0.416 e. The van der Waals surface area contributed by atoms with E-state index in [-0.39, 0.29) is 17.0 Å². The number of rotatable bonds is 7. The third-order valence-electron chi connectivity index (χ3n) is 6.00. The number of thiophene rings is 1. The molecule has 2 amide bonds. The van der Waals surface area contributed by atoms with Gasteiger partial charge in [-0.25, -0.2) is 0 Å². The van der Waals surface area contributed by atoms with Crippen molar-refractivity contribution in [1.82, 2.24) is 9.80 Å². The Labute approximate surface area is 213 Å². The van der Waals surface area contributed by atoms with Crippen LogP contribution in [0.1, 0.15) is 43.7 Å². The lowest BCUT2D eigenvalue weighted by molar-refractivity contribution is -0.137. The van der Waals surface area contributed by atoms with Crippen LogP contribution >= 0.6 is 22.9 Å². The SMILES string of the molecule is CC(C)(C)CCN1CCN(C(=O)C(c2cccs2)N(C(=O)CCl)c2cccc(C(F)(F)F)c2)CC1. The molecule has 0 bridgehead atoms. The maximum atomic E-state index is 13.8. The molecule has 1 aromatic heterocycles. The van der Waals surface area contributed by atoms with Crippen LogP contribution in [0.25, 0.3) is 0 Å². The van der Waals surface area contributed by atoms with Crippen molar-refractivity contribution in [1.29, 1.82) is 0 Å². The highest BCUT2D eigenvalue weighted by Crippen LogP contribution is 2.36. The molecule has 192 valence electrons. The van der Waals surface area contributed by atoms with Crippen molar-refractivity contribution in [3.63, 3.8) is 0 Å². The zero-order valence-corrected chi connectivity index (χ0v) is 21.7. The molecule has 1 aliphatic rings. The molecule has 35 heavy (non-hydrogen) atoms. The van der Waals surface area contributed by atoms with Gasteiger partial charge in [0.25, 0.3) is 5.91 Å². The van der Waals surface area contributed by atoms with Crippen molar-refractivity contribution < 1.29 is 22.8 Å². The molecule has 0 N–H and O–H groups in total. The van der Waals surface area contributed by atoms with Gasteiger partial charge in [-0.05, 0) is 48.0 Å². The quantitative estimate of drug-likeness (QED) is 0.435. The number of carbonyl (C=O) groups excluding carboxylic acids is 2. The van der Waals surface area contributed by atoms with Gasteiger partial charge >= 0.3 is 6.18 Å². The van der Waals surface area contributed by atoms with Crippen molar-refractivity contribution in [2.45, 2.75) is 39.4 Å². The second-order valence-electron chi connectivity index (χ2n) is 9.84. The first kappa shape index (κ1) is 27.5. The van der Waals surface area contributed by atoms with Gasteiger partial charge in [0.2, 0.25) is 5.91 Å². The molecule has 0 spiro atoms. The molecular formula is C25H31ClF3N3O2S. The van der Waals surface area contributed by atoms with Crippen LogP contribution in [0.4, 0.5) is 18.9 Å². The Morgan fingerprint density at radius 2 is 1.77 bits per heavy atom. The van der Waals surface area contributed by atoms with Crippen LogP contribution in [0.2, 0.25) is 0 Å². The molecule has 1 atom stereocenters. The van der Waals surface area contributed by atoms with E-state index in [1.807, 2.05) is 0 Å². The highest BCUT2D eigenvalue weighted by Gasteiger charge is 2.38. The number of anilines is 1. The van der Waals surface area contributed by atoms with Gasteiger partial charge in [0, 0.05) is 36.7 Å². The van der Waals surface area contributed by atoms with E-state index in [9.17, 15) is 22.8 Å². The summed E-state index contributed by atoms with van der Waals surface area (Å²) in [6.07, 6.45) is -3.55. The molecule has 1 aromatic carbocycles. The normalized spacial score (nSPS) is 16.3. The van der Waals surface area contributed by atoms with Crippen LogP contribution in [-0.2, 0) is 15.8 Å². The molecule has 1 unspecified atom stereocenters. The monoisotopic (exact) mass is 529 g/mol. The van der Waals surface area contributed by atoms with E-state index < -0.39 is 29.6 Å².